The molecule has 6 heteroatoms. The summed E-state index contributed by atoms with van der Waals surface area (Å²) in [5.74, 6) is 2.63. The summed E-state index contributed by atoms with van der Waals surface area (Å²) in [4.78, 5) is 11.9. The van der Waals surface area contributed by atoms with E-state index in [1.54, 1.807) is 0 Å². The molecule has 0 radical (unpaired) electrons. The highest BCUT2D eigenvalue weighted by molar-refractivity contribution is 6.32. The monoisotopic (exact) mass is 355 g/mol. The minimum Gasteiger partial charge on any atom is -0.356 e. The molecule has 1 saturated heterocycles. The number of rotatable bonds is 3. The van der Waals surface area contributed by atoms with Crippen molar-refractivity contribution in [3.8, 4) is 5.69 Å². The number of para-hydroxylation sites is 1. The summed E-state index contributed by atoms with van der Waals surface area (Å²) in [5, 5.41) is 6.23. The number of piperidine rings is 1. The van der Waals surface area contributed by atoms with Crippen LogP contribution < -0.4 is 4.90 Å². The summed E-state index contributed by atoms with van der Waals surface area (Å²) in [6.45, 7) is 6.47. The molecule has 1 aromatic carbocycles. The van der Waals surface area contributed by atoms with Crippen molar-refractivity contribution in [1.29, 1.82) is 0 Å². The van der Waals surface area contributed by atoms with Crippen LogP contribution in [-0.4, -0.2) is 32.8 Å². The molecule has 25 heavy (non-hydrogen) atoms. The highest BCUT2D eigenvalue weighted by Crippen LogP contribution is 2.30. The second kappa shape index (κ2) is 6.64. The van der Waals surface area contributed by atoms with Crippen LogP contribution in [0.2, 0.25) is 5.02 Å². The fourth-order valence-electron chi connectivity index (χ4n) is 3.36. The normalized spacial score (nSPS) is 15.9. The highest BCUT2D eigenvalue weighted by atomic mass is 35.5. The molecule has 5 nitrogen and oxygen atoms in total. The van der Waals surface area contributed by atoms with E-state index >= 15 is 0 Å². The van der Waals surface area contributed by atoms with E-state index in [-0.39, 0.29) is 0 Å². The van der Waals surface area contributed by atoms with Gasteiger partial charge in [-0.3, -0.25) is 0 Å². The lowest BCUT2D eigenvalue weighted by Crippen LogP contribution is -2.33. The lowest BCUT2D eigenvalue weighted by Gasteiger charge is -2.31. The summed E-state index contributed by atoms with van der Waals surface area (Å²) in [7, 11) is 0. The first-order valence-electron chi connectivity index (χ1n) is 8.92. The van der Waals surface area contributed by atoms with Crippen LogP contribution in [0.15, 0.2) is 30.5 Å². The van der Waals surface area contributed by atoms with Gasteiger partial charge in [-0.1, -0.05) is 37.6 Å². The van der Waals surface area contributed by atoms with Gasteiger partial charge in [0, 0.05) is 19.5 Å². The third-order valence-corrected chi connectivity index (χ3v) is 5.25. The maximum Gasteiger partial charge on any atom is 0.168 e. The number of benzene rings is 1. The Morgan fingerprint density at radius 2 is 1.92 bits per heavy atom. The fourth-order valence-corrected chi connectivity index (χ4v) is 3.57. The Labute approximate surface area is 152 Å². The predicted molar refractivity (Wildman–Crippen MR) is 102 cm³/mol. The molecule has 130 valence electrons. The molecular formula is C19H22ClN5. The third-order valence-electron chi connectivity index (χ3n) is 4.93. The number of aryl methyl sites for hydroxylation is 1. The zero-order valence-electron chi connectivity index (χ0n) is 14.6. The van der Waals surface area contributed by atoms with Crippen LogP contribution in [0.5, 0.6) is 0 Å². The van der Waals surface area contributed by atoms with Crippen molar-refractivity contribution in [2.45, 2.75) is 33.1 Å². The SMILES string of the molecule is CCc1nc(N2CCC(C)CC2)c2cnn(-c3ccccc3Cl)c2n1. The summed E-state index contributed by atoms with van der Waals surface area (Å²) < 4.78 is 1.83. The van der Waals surface area contributed by atoms with Crippen molar-refractivity contribution in [2.75, 3.05) is 18.0 Å². The van der Waals surface area contributed by atoms with Gasteiger partial charge < -0.3 is 4.90 Å². The van der Waals surface area contributed by atoms with E-state index in [1.807, 2.05) is 35.1 Å². The summed E-state index contributed by atoms with van der Waals surface area (Å²) in [6, 6.07) is 7.72. The molecule has 0 atom stereocenters. The zero-order valence-corrected chi connectivity index (χ0v) is 15.4. The summed E-state index contributed by atoms with van der Waals surface area (Å²) >= 11 is 6.38. The van der Waals surface area contributed by atoms with E-state index in [0.717, 1.165) is 53.8 Å². The first kappa shape index (κ1) is 16.3. The average Bonchev–Trinajstić information content (AvgIpc) is 3.06. The molecule has 0 aliphatic carbocycles. The number of aromatic nitrogens is 4. The summed E-state index contributed by atoms with van der Waals surface area (Å²) in [6.07, 6.45) is 5.06. The zero-order chi connectivity index (χ0) is 17.4. The molecule has 0 amide bonds. The first-order chi connectivity index (χ1) is 12.2. The number of hydrogen-bond donors (Lipinski definition) is 0. The number of anilines is 1. The molecule has 3 aromatic rings. The minimum absolute atomic E-state index is 0.664. The van der Waals surface area contributed by atoms with Crippen molar-refractivity contribution in [3.63, 3.8) is 0 Å². The Bertz CT molecular complexity index is 896. The quantitative estimate of drug-likeness (QED) is 0.704. The van der Waals surface area contributed by atoms with Crippen LogP contribution in [0.3, 0.4) is 0 Å². The standard InChI is InChI=1S/C19H22ClN5/c1-3-17-22-18(24-10-8-13(2)9-11-24)14-12-21-25(19(14)23-17)16-7-5-4-6-15(16)20/h4-7,12-13H,3,8-11H2,1-2H3. The second-order valence-electron chi connectivity index (χ2n) is 6.73. The van der Waals surface area contributed by atoms with Crippen LogP contribution in [0.1, 0.15) is 32.5 Å². The smallest absolute Gasteiger partial charge is 0.168 e. The molecular weight excluding hydrogens is 334 g/mol. The second-order valence-corrected chi connectivity index (χ2v) is 7.14. The minimum atomic E-state index is 0.664. The Morgan fingerprint density at radius 3 is 2.64 bits per heavy atom. The van der Waals surface area contributed by atoms with Crippen molar-refractivity contribution >= 4 is 28.5 Å². The number of halogens is 1. The van der Waals surface area contributed by atoms with Crippen LogP contribution in [0, 0.1) is 5.92 Å². The molecule has 1 aliphatic heterocycles. The van der Waals surface area contributed by atoms with Crippen LogP contribution >= 0.6 is 11.6 Å². The van der Waals surface area contributed by atoms with E-state index in [9.17, 15) is 0 Å². The first-order valence-corrected chi connectivity index (χ1v) is 9.29. The van der Waals surface area contributed by atoms with Gasteiger partial charge in [-0.2, -0.15) is 5.10 Å². The van der Waals surface area contributed by atoms with Crippen molar-refractivity contribution in [2.24, 2.45) is 5.92 Å². The van der Waals surface area contributed by atoms with Gasteiger partial charge in [0.25, 0.3) is 0 Å². The predicted octanol–water partition coefficient (Wildman–Crippen LogP) is 4.27. The van der Waals surface area contributed by atoms with Gasteiger partial charge >= 0.3 is 0 Å². The van der Waals surface area contributed by atoms with Crippen LogP contribution in [0.4, 0.5) is 5.82 Å². The summed E-state index contributed by atoms with van der Waals surface area (Å²) in [5.41, 5.74) is 1.67. The highest BCUT2D eigenvalue weighted by Gasteiger charge is 2.22. The lowest BCUT2D eigenvalue weighted by molar-refractivity contribution is 0.437. The molecule has 2 aromatic heterocycles. The topological polar surface area (TPSA) is 46.8 Å². The van der Waals surface area contributed by atoms with Gasteiger partial charge in [-0.25, -0.2) is 14.6 Å². The average molecular weight is 356 g/mol. The Balaban J connectivity index is 1.86. The Kier molecular flexibility index (Phi) is 4.34. The van der Waals surface area contributed by atoms with E-state index in [2.05, 4.69) is 23.8 Å². The molecule has 0 spiro atoms. The van der Waals surface area contributed by atoms with Crippen molar-refractivity contribution in [3.05, 3.63) is 41.3 Å². The molecule has 4 rings (SSSR count). The van der Waals surface area contributed by atoms with Gasteiger partial charge in [-0.15, -0.1) is 0 Å². The maximum absolute atomic E-state index is 6.38. The Morgan fingerprint density at radius 1 is 1.16 bits per heavy atom. The van der Waals surface area contributed by atoms with Gasteiger partial charge in [-0.05, 0) is 30.9 Å². The molecule has 0 N–H and O–H groups in total. The third kappa shape index (κ3) is 2.97. The van der Waals surface area contributed by atoms with Gasteiger partial charge in [0.05, 0.1) is 22.3 Å². The molecule has 0 bridgehead atoms. The van der Waals surface area contributed by atoms with Gasteiger partial charge in [0.1, 0.15) is 11.6 Å². The van der Waals surface area contributed by atoms with Crippen LogP contribution in [-0.2, 0) is 6.42 Å². The van der Waals surface area contributed by atoms with E-state index < -0.39 is 0 Å². The Hall–Kier alpha value is -2.14. The number of fused-ring (bicyclic) bond motifs is 1. The number of nitrogens with zero attached hydrogens (tertiary/aromatic N) is 5. The fraction of sp³-hybridized carbons (Fsp3) is 0.421. The largest absolute Gasteiger partial charge is 0.356 e. The molecule has 0 unspecified atom stereocenters. The van der Waals surface area contributed by atoms with Crippen LogP contribution in [0.25, 0.3) is 16.7 Å². The molecule has 3 heterocycles. The van der Waals surface area contributed by atoms with Crippen molar-refractivity contribution in [1.82, 2.24) is 19.7 Å². The van der Waals surface area contributed by atoms with E-state index in [4.69, 9.17) is 21.6 Å². The van der Waals surface area contributed by atoms with E-state index in [0.29, 0.717) is 5.02 Å². The number of hydrogen-bond acceptors (Lipinski definition) is 4. The molecule has 1 fully saturated rings. The molecule has 0 saturated carbocycles. The van der Waals surface area contributed by atoms with Gasteiger partial charge in [0.2, 0.25) is 0 Å². The van der Waals surface area contributed by atoms with Crippen molar-refractivity contribution < 1.29 is 0 Å². The molecule has 1 aliphatic rings. The van der Waals surface area contributed by atoms with Gasteiger partial charge in [0.15, 0.2) is 5.65 Å². The maximum atomic E-state index is 6.38. The lowest BCUT2D eigenvalue weighted by atomic mass is 9.99. The van der Waals surface area contributed by atoms with E-state index in [1.165, 1.54) is 12.8 Å².